The Morgan fingerprint density at radius 1 is 1.50 bits per heavy atom. The van der Waals surface area contributed by atoms with E-state index < -0.39 is 16.0 Å². The minimum absolute atomic E-state index is 0.0543. The van der Waals surface area contributed by atoms with E-state index in [0.717, 1.165) is 6.42 Å². The number of nitrogens with one attached hydrogen (secondary N) is 1. The molecule has 20 heavy (non-hydrogen) atoms. The minimum Gasteiger partial charge on any atom is -0.478 e. The average Bonchev–Trinajstić information content (AvgIpc) is 2.82. The van der Waals surface area contributed by atoms with E-state index in [-0.39, 0.29) is 23.1 Å². The van der Waals surface area contributed by atoms with E-state index in [4.69, 9.17) is 9.84 Å². The zero-order chi connectivity index (χ0) is 14.8. The predicted octanol–water partition coefficient (Wildman–Crippen LogP) is 2.07. The molecule has 1 aromatic rings. The molecule has 1 fully saturated rings. The molecule has 2 rings (SSSR count). The topological polar surface area (TPSA) is 92.7 Å². The zero-order valence-electron chi connectivity index (χ0n) is 10.5. The maximum atomic E-state index is 12.0. The lowest BCUT2D eigenvalue weighted by atomic mass is 10.2. The molecule has 0 saturated carbocycles. The Morgan fingerprint density at radius 2 is 2.25 bits per heavy atom. The first kappa shape index (κ1) is 15.3. The van der Waals surface area contributed by atoms with Crippen molar-refractivity contribution in [1.82, 2.24) is 0 Å². The molecule has 1 saturated heterocycles. The quantitative estimate of drug-likeness (QED) is 0.835. The highest BCUT2D eigenvalue weighted by atomic mass is 79.9. The third kappa shape index (κ3) is 3.94. The van der Waals surface area contributed by atoms with Gasteiger partial charge in [0.25, 0.3) is 0 Å². The van der Waals surface area contributed by atoms with E-state index in [9.17, 15) is 13.2 Å². The maximum Gasteiger partial charge on any atom is 0.337 e. The lowest BCUT2D eigenvalue weighted by Gasteiger charge is -2.13. The molecule has 0 aromatic heterocycles. The molecule has 110 valence electrons. The standard InChI is InChI=1S/C12H14BrNO5S/c13-8-3-4-11(10(6-8)12(15)16)14-20(17,18)7-9-2-1-5-19-9/h3-4,6,9,14H,1-2,5,7H2,(H,15,16). The second-order valence-electron chi connectivity index (χ2n) is 4.51. The SMILES string of the molecule is O=C(O)c1cc(Br)ccc1NS(=O)(=O)CC1CCCO1. The van der Waals surface area contributed by atoms with Crippen LogP contribution in [-0.2, 0) is 14.8 Å². The van der Waals surface area contributed by atoms with Crippen molar-refractivity contribution in [3.63, 3.8) is 0 Å². The summed E-state index contributed by atoms with van der Waals surface area (Å²) in [5.41, 5.74) is -0.0472. The molecular weight excluding hydrogens is 350 g/mol. The molecule has 0 spiro atoms. The third-order valence-corrected chi connectivity index (χ3v) is 4.74. The van der Waals surface area contributed by atoms with Crippen LogP contribution < -0.4 is 4.72 Å². The molecule has 0 amide bonds. The van der Waals surface area contributed by atoms with Crippen LogP contribution >= 0.6 is 15.9 Å². The molecule has 1 unspecified atom stereocenters. The van der Waals surface area contributed by atoms with Crippen molar-refractivity contribution in [2.45, 2.75) is 18.9 Å². The van der Waals surface area contributed by atoms with E-state index in [1.54, 1.807) is 6.07 Å². The number of hydrogen-bond donors (Lipinski definition) is 2. The fraction of sp³-hybridized carbons (Fsp3) is 0.417. The van der Waals surface area contributed by atoms with Crippen molar-refractivity contribution in [3.05, 3.63) is 28.2 Å². The summed E-state index contributed by atoms with van der Waals surface area (Å²) >= 11 is 3.15. The van der Waals surface area contributed by atoms with Crippen LogP contribution in [0.25, 0.3) is 0 Å². The van der Waals surface area contributed by atoms with Gasteiger partial charge in [0.05, 0.1) is 23.1 Å². The van der Waals surface area contributed by atoms with Crippen molar-refractivity contribution in [2.75, 3.05) is 17.1 Å². The summed E-state index contributed by atoms with van der Waals surface area (Å²) < 4.78 is 32.2. The van der Waals surface area contributed by atoms with Crippen molar-refractivity contribution in [2.24, 2.45) is 0 Å². The molecular formula is C12H14BrNO5S. The summed E-state index contributed by atoms with van der Waals surface area (Å²) in [5.74, 6) is -1.36. The van der Waals surface area contributed by atoms with Gasteiger partial charge in [-0.2, -0.15) is 0 Å². The molecule has 1 aliphatic heterocycles. The number of halogens is 1. The van der Waals surface area contributed by atoms with E-state index in [0.29, 0.717) is 17.5 Å². The molecule has 0 radical (unpaired) electrons. The summed E-state index contributed by atoms with van der Waals surface area (Å²) in [6, 6.07) is 4.35. The number of hydrogen-bond acceptors (Lipinski definition) is 4. The summed E-state index contributed by atoms with van der Waals surface area (Å²) in [6.07, 6.45) is 1.22. The minimum atomic E-state index is -3.64. The lowest BCUT2D eigenvalue weighted by molar-refractivity contribution is 0.0698. The highest BCUT2D eigenvalue weighted by Gasteiger charge is 2.24. The Balaban J connectivity index is 2.18. The first-order valence-corrected chi connectivity index (χ1v) is 8.47. The van der Waals surface area contributed by atoms with Crippen molar-refractivity contribution < 1.29 is 23.1 Å². The van der Waals surface area contributed by atoms with Gasteiger partial charge < -0.3 is 9.84 Å². The number of anilines is 1. The van der Waals surface area contributed by atoms with Crippen LogP contribution in [0.3, 0.4) is 0 Å². The van der Waals surface area contributed by atoms with Crippen LogP contribution in [0.2, 0.25) is 0 Å². The summed E-state index contributed by atoms with van der Waals surface area (Å²) in [6.45, 7) is 0.568. The van der Waals surface area contributed by atoms with Gasteiger partial charge in [0.15, 0.2) is 0 Å². The molecule has 1 heterocycles. The molecule has 6 nitrogen and oxygen atoms in total. The molecule has 1 aliphatic rings. The number of carboxylic acids is 1. The first-order chi connectivity index (χ1) is 9.37. The van der Waals surface area contributed by atoms with Gasteiger partial charge in [-0.05, 0) is 31.0 Å². The lowest BCUT2D eigenvalue weighted by Crippen LogP contribution is -2.26. The highest BCUT2D eigenvalue weighted by Crippen LogP contribution is 2.23. The largest absolute Gasteiger partial charge is 0.478 e. The predicted molar refractivity (Wildman–Crippen MR) is 77.5 cm³/mol. The Morgan fingerprint density at radius 3 is 2.85 bits per heavy atom. The fourth-order valence-electron chi connectivity index (χ4n) is 2.01. The molecule has 0 bridgehead atoms. The van der Waals surface area contributed by atoms with Gasteiger partial charge in [0, 0.05) is 11.1 Å². The third-order valence-electron chi connectivity index (χ3n) is 2.91. The van der Waals surface area contributed by atoms with Gasteiger partial charge >= 0.3 is 5.97 Å². The van der Waals surface area contributed by atoms with Gasteiger partial charge in [0.1, 0.15) is 0 Å². The summed E-state index contributed by atoms with van der Waals surface area (Å²) in [7, 11) is -3.64. The van der Waals surface area contributed by atoms with Crippen LogP contribution in [-0.4, -0.2) is 38.0 Å². The van der Waals surface area contributed by atoms with Crippen molar-refractivity contribution in [1.29, 1.82) is 0 Å². The number of sulfonamides is 1. The molecule has 1 atom stereocenters. The Bertz CT molecular complexity index is 610. The number of benzene rings is 1. The van der Waals surface area contributed by atoms with Gasteiger partial charge in [-0.15, -0.1) is 0 Å². The monoisotopic (exact) mass is 363 g/mol. The second-order valence-corrected chi connectivity index (χ2v) is 7.20. The van der Waals surface area contributed by atoms with Gasteiger partial charge in [-0.3, -0.25) is 4.72 Å². The van der Waals surface area contributed by atoms with E-state index in [1.807, 2.05) is 0 Å². The van der Waals surface area contributed by atoms with Crippen LogP contribution in [0.4, 0.5) is 5.69 Å². The van der Waals surface area contributed by atoms with E-state index >= 15 is 0 Å². The normalized spacial score (nSPS) is 18.9. The number of carboxylic acid groups (broad SMARTS) is 1. The van der Waals surface area contributed by atoms with Gasteiger partial charge in [-0.1, -0.05) is 15.9 Å². The Hall–Kier alpha value is -1.12. The average molecular weight is 364 g/mol. The van der Waals surface area contributed by atoms with E-state index in [1.165, 1.54) is 12.1 Å². The highest BCUT2D eigenvalue weighted by molar-refractivity contribution is 9.10. The number of carbonyl (C=O) groups is 1. The Labute approximate surface area is 125 Å². The summed E-state index contributed by atoms with van der Waals surface area (Å²) in [5, 5.41) is 9.09. The second kappa shape index (κ2) is 6.11. The first-order valence-electron chi connectivity index (χ1n) is 6.02. The molecule has 0 aliphatic carbocycles. The van der Waals surface area contributed by atoms with Crippen LogP contribution in [0.15, 0.2) is 22.7 Å². The summed E-state index contributed by atoms with van der Waals surface area (Å²) in [4.78, 5) is 11.1. The van der Waals surface area contributed by atoms with Crippen molar-refractivity contribution >= 4 is 37.6 Å². The zero-order valence-corrected chi connectivity index (χ0v) is 12.9. The van der Waals surface area contributed by atoms with E-state index in [2.05, 4.69) is 20.7 Å². The van der Waals surface area contributed by atoms with Crippen molar-refractivity contribution in [3.8, 4) is 0 Å². The smallest absolute Gasteiger partial charge is 0.337 e. The fourth-order valence-corrected chi connectivity index (χ4v) is 3.72. The number of ether oxygens (including phenoxy) is 1. The molecule has 2 N–H and O–H groups in total. The maximum absolute atomic E-state index is 12.0. The van der Waals surface area contributed by atoms with Gasteiger partial charge in [-0.25, -0.2) is 13.2 Å². The Kier molecular flexibility index (Phi) is 4.66. The number of aromatic carboxylic acids is 1. The van der Waals surface area contributed by atoms with Crippen LogP contribution in [0, 0.1) is 0 Å². The van der Waals surface area contributed by atoms with Gasteiger partial charge in [0.2, 0.25) is 10.0 Å². The molecule has 8 heteroatoms. The number of rotatable bonds is 5. The molecule has 1 aromatic carbocycles. The van der Waals surface area contributed by atoms with Crippen LogP contribution in [0.1, 0.15) is 23.2 Å². The van der Waals surface area contributed by atoms with Crippen LogP contribution in [0.5, 0.6) is 0 Å².